The Morgan fingerprint density at radius 1 is 1.27 bits per heavy atom. The summed E-state index contributed by atoms with van der Waals surface area (Å²) in [4.78, 5) is 6.55. The van der Waals surface area contributed by atoms with Crippen molar-refractivity contribution in [1.29, 1.82) is 0 Å². The third-order valence-corrected chi connectivity index (χ3v) is 6.29. The second kappa shape index (κ2) is 10.1. The topological polar surface area (TPSA) is 46.1 Å². The van der Waals surface area contributed by atoms with Gasteiger partial charge in [-0.2, -0.15) is 11.8 Å². The van der Waals surface area contributed by atoms with Gasteiger partial charge in [0.2, 0.25) is 0 Å². The molecule has 1 fully saturated rings. The lowest BCUT2D eigenvalue weighted by molar-refractivity contribution is 0.0781. The van der Waals surface area contributed by atoms with E-state index >= 15 is 0 Å². The molecule has 1 aliphatic heterocycles. The molecule has 0 aliphatic carbocycles. The van der Waals surface area contributed by atoms with Crippen molar-refractivity contribution in [3.05, 3.63) is 29.3 Å². The van der Waals surface area contributed by atoms with Crippen molar-refractivity contribution in [2.24, 2.45) is 4.99 Å². The lowest BCUT2D eigenvalue weighted by Gasteiger charge is -2.36. The van der Waals surface area contributed by atoms with Crippen LogP contribution in [0.3, 0.4) is 0 Å². The normalized spacial score (nSPS) is 17.0. The van der Waals surface area contributed by atoms with Crippen LogP contribution < -0.4 is 10.1 Å². The van der Waals surface area contributed by atoms with Crippen molar-refractivity contribution in [3.8, 4) is 5.75 Å². The fourth-order valence-electron chi connectivity index (χ4n) is 3.24. The second-order valence-electron chi connectivity index (χ2n) is 6.99. The van der Waals surface area contributed by atoms with Crippen molar-refractivity contribution in [3.63, 3.8) is 0 Å². The Balaban J connectivity index is 1.81. The van der Waals surface area contributed by atoms with Gasteiger partial charge in [-0.1, -0.05) is 6.07 Å². The molecular weight excluding hydrogens is 346 g/mol. The highest BCUT2D eigenvalue weighted by Gasteiger charge is 2.32. The first kappa shape index (κ1) is 20.9. The van der Waals surface area contributed by atoms with E-state index in [1.807, 2.05) is 18.8 Å². The highest BCUT2D eigenvalue weighted by Crippen LogP contribution is 2.33. The molecule has 0 radical (unpaired) electrons. The maximum Gasteiger partial charge on any atom is 0.193 e. The maximum atomic E-state index is 5.92. The standard InChI is InChI=1S/C20H33N3O2S/c1-16-12-17(2)14-18(13-16)25-11-8-23(4)19(21-3)22-15-20(26-5)6-9-24-10-7-20/h12-14H,6-11,15H2,1-5H3,(H,21,22). The van der Waals surface area contributed by atoms with Gasteiger partial charge in [0.1, 0.15) is 12.4 Å². The summed E-state index contributed by atoms with van der Waals surface area (Å²) < 4.78 is 11.7. The van der Waals surface area contributed by atoms with E-state index in [9.17, 15) is 0 Å². The van der Waals surface area contributed by atoms with Crippen molar-refractivity contribution in [2.45, 2.75) is 31.4 Å². The van der Waals surface area contributed by atoms with Crippen molar-refractivity contribution >= 4 is 17.7 Å². The molecule has 0 spiro atoms. The summed E-state index contributed by atoms with van der Waals surface area (Å²) in [6.07, 6.45) is 4.35. The Labute approximate surface area is 162 Å². The van der Waals surface area contributed by atoms with E-state index in [1.54, 1.807) is 0 Å². The van der Waals surface area contributed by atoms with Gasteiger partial charge in [-0.3, -0.25) is 4.99 Å². The number of hydrogen-bond acceptors (Lipinski definition) is 4. The summed E-state index contributed by atoms with van der Waals surface area (Å²) in [5.41, 5.74) is 2.45. The number of hydrogen-bond donors (Lipinski definition) is 1. The molecule has 1 heterocycles. The Hall–Kier alpha value is -1.40. The first-order chi connectivity index (χ1) is 12.5. The van der Waals surface area contributed by atoms with Crippen LogP contribution in [0.25, 0.3) is 0 Å². The number of likely N-dealkylation sites (N-methyl/N-ethyl adjacent to an activating group) is 1. The van der Waals surface area contributed by atoms with Gasteiger partial charge in [0.25, 0.3) is 0 Å². The summed E-state index contributed by atoms with van der Waals surface area (Å²) in [6.45, 7) is 8.20. The number of aryl methyl sites for hydroxylation is 2. The Morgan fingerprint density at radius 3 is 2.50 bits per heavy atom. The minimum atomic E-state index is 0.241. The smallest absolute Gasteiger partial charge is 0.193 e. The number of guanidine groups is 1. The van der Waals surface area contributed by atoms with Crippen LogP contribution in [0.1, 0.15) is 24.0 Å². The van der Waals surface area contributed by atoms with Gasteiger partial charge in [0.05, 0.1) is 6.54 Å². The first-order valence-electron chi connectivity index (χ1n) is 9.24. The van der Waals surface area contributed by atoms with Crippen LogP contribution in [0.4, 0.5) is 0 Å². The number of benzene rings is 1. The number of thioether (sulfide) groups is 1. The van der Waals surface area contributed by atoms with Gasteiger partial charge >= 0.3 is 0 Å². The second-order valence-corrected chi connectivity index (χ2v) is 8.27. The van der Waals surface area contributed by atoms with E-state index in [1.165, 1.54) is 11.1 Å². The van der Waals surface area contributed by atoms with Crippen LogP contribution >= 0.6 is 11.8 Å². The summed E-state index contributed by atoms with van der Waals surface area (Å²) in [5, 5.41) is 3.54. The molecule has 0 bridgehead atoms. The average molecular weight is 380 g/mol. The third kappa shape index (κ3) is 6.09. The van der Waals surface area contributed by atoms with Crippen LogP contribution in [-0.2, 0) is 4.74 Å². The minimum Gasteiger partial charge on any atom is -0.492 e. The molecule has 1 aromatic carbocycles. The zero-order valence-electron chi connectivity index (χ0n) is 16.8. The first-order valence-corrected chi connectivity index (χ1v) is 10.5. The molecule has 1 saturated heterocycles. The highest BCUT2D eigenvalue weighted by atomic mass is 32.2. The Morgan fingerprint density at radius 2 is 1.92 bits per heavy atom. The van der Waals surface area contributed by atoms with Crippen LogP contribution in [0.5, 0.6) is 5.75 Å². The van der Waals surface area contributed by atoms with E-state index in [4.69, 9.17) is 9.47 Å². The molecule has 6 heteroatoms. The molecule has 1 aliphatic rings. The molecule has 0 unspecified atom stereocenters. The van der Waals surface area contributed by atoms with Crippen molar-refractivity contribution in [2.75, 3.05) is 53.3 Å². The number of nitrogens with zero attached hydrogens (tertiary/aromatic N) is 2. The average Bonchev–Trinajstić information content (AvgIpc) is 2.62. The molecule has 2 rings (SSSR count). The molecule has 0 atom stereocenters. The van der Waals surface area contributed by atoms with E-state index in [2.05, 4.69) is 60.6 Å². The van der Waals surface area contributed by atoms with Crippen LogP contribution in [0, 0.1) is 13.8 Å². The van der Waals surface area contributed by atoms with Crippen LogP contribution in [-0.4, -0.2) is 68.9 Å². The predicted molar refractivity (Wildman–Crippen MR) is 112 cm³/mol. The van der Waals surface area contributed by atoms with Crippen LogP contribution in [0.15, 0.2) is 23.2 Å². The number of rotatable bonds is 7. The number of nitrogens with one attached hydrogen (secondary N) is 1. The van der Waals surface area contributed by atoms with Gasteiger partial charge in [-0.05, 0) is 56.2 Å². The maximum absolute atomic E-state index is 5.92. The monoisotopic (exact) mass is 379 g/mol. The van der Waals surface area contributed by atoms with Crippen molar-refractivity contribution < 1.29 is 9.47 Å². The third-order valence-electron chi connectivity index (χ3n) is 4.87. The quantitative estimate of drug-likeness (QED) is 0.583. The van der Waals surface area contributed by atoms with Gasteiger partial charge in [-0.15, -0.1) is 0 Å². The molecule has 146 valence electrons. The zero-order valence-corrected chi connectivity index (χ0v) is 17.6. The minimum absolute atomic E-state index is 0.241. The van der Waals surface area contributed by atoms with E-state index < -0.39 is 0 Å². The van der Waals surface area contributed by atoms with E-state index in [0.29, 0.717) is 6.61 Å². The molecule has 1 N–H and O–H groups in total. The lowest BCUT2D eigenvalue weighted by atomic mass is 9.99. The van der Waals surface area contributed by atoms with E-state index in [0.717, 1.165) is 50.9 Å². The summed E-state index contributed by atoms with van der Waals surface area (Å²) in [7, 11) is 3.88. The van der Waals surface area contributed by atoms with Gasteiger partial charge < -0.3 is 19.7 Å². The Kier molecular flexibility index (Phi) is 8.10. The summed E-state index contributed by atoms with van der Waals surface area (Å²) in [6, 6.07) is 6.31. The van der Waals surface area contributed by atoms with Crippen molar-refractivity contribution in [1.82, 2.24) is 10.2 Å². The van der Waals surface area contributed by atoms with Gasteiger partial charge in [-0.25, -0.2) is 0 Å². The van der Waals surface area contributed by atoms with Crippen LogP contribution in [0.2, 0.25) is 0 Å². The van der Waals surface area contributed by atoms with E-state index in [-0.39, 0.29) is 4.75 Å². The highest BCUT2D eigenvalue weighted by molar-refractivity contribution is 8.00. The molecule has 0 aromatic heterocycles. The summed E-state index contributed by atoms with van der Waals surface area (Å²) in [5.74, 6) is 1.84. The molecule has 0 saturated carbocycles. The largest absolute Gasteiger partial charge is 0.492 e. The molecule has 26 heavy (non-hydrogen) atoms. The molecule has 0 amide bonds. The number of ether oxygens (including phenoxy) is 2. The van der Waals surface area contributed by atoms with Gasteiger partial charge in [0, 0.05) is 38.6 Å². The fourth-order valence-corrected chi connectivity index (χ4v) is 4.04. The molecule has 5 nitrogen and oxygen atoms in total. The fraction of sp³-hybridized carbons (Fsp3) is 0.650. The SMILES string of the molecule is CN=C(NCC1(SC)CCOCC1)N(C)CCOc1cc(C)cc(C)c1. The zero-order chi connectivity index (χ0) is 19.0. The number of aliphatic imine (C=N–C) groups is 1. The summed E-state index contributed by atoms with van der Waals surface area (Å²) >= 11 is 1.93. The Bertz CT molecular complexity index is 580. The predicted octanol–water partition coefficient (Wildman–Crippen LogP) is 3.10. The van der Waals surface area contributed by atoms with Gasteiger partial charge in [0.15, 0.2) is 5.96 Å². The molecule has 1 aromatic rings. The molecular formula is C20H33N3O2S. The lowest BCUT2D eigenvalue weighted by Crippen LogP contribution is -2.49.